The lowest BCUT2D eigenvalue weighted by atomic mass is 10.0. The summed E-state index contributed by atoms with van der Waals surface area (Å²) in [4.78, 5) is 27.0. The highest BCUT2D eigenvalue weighted by molar-refractivity contribution is 5.98. The number of esters is 2. The van der Waals surface area contributed by atoms with Crippen LogP contribution in [0.3, 0.4) is 0 Å². The van der Waals surface area contributed by atoms with E-state index in [0.717, 1.165) is 0 Å². The molecule has 0 atom stereocenters. The van der Waals surface area contributed by atoms with E-state index < -0.39 is 76.5 Å². The largest absolute Gasteiger partial charge is 0.462 e. The minimum Gasteiger partial charge on any atom is -0.462 e. The zero-order valence-electron chi connectivity index (χ0n) is 16.5. The summed E-state index contributed by atoms with van der Waals surface area (Å²) in [5.41, 5.74) is -8.94. The fourth-order valence-corrected chi connectivity index (χ4v) is 2.60. The highest BCUT2D eigenvalue weighted by atomic mass is 19.4. The van der Waals surface area contributed by atoms with E-state index in [9.17, 15) is 49.1 Å². The fourth-order valence-electron chi connectivity index (χ4n) is 2.60. The van der Waals surface area contributed by atoms with Crippen LogP contribution in [-0.4, -0.2) is 23.5 Å². The molecule has 0 N–H and O–H groups in total. The normalized spacial score (nSPS) is 12.5. The van der Waals surface area contributed by atoms with Crippen LogP contribution in [0.2, 0.25) is 0 Å². The van der Waals surface area contributed by atoms with Crippen molar-refractivity contribution >= 4 is 11.9 Å². The first kappa shape index (κ1) is 25.9. The van der Waals surface area contributed by atoms with Gasteiger partial charge in [-0.1, -0.05) is 0 Å². The Balaban J connectivity index is 2.71. The molecule has 33 heavy (non-hydrogen) atoms. The summed E-state index contributed by atoms with van der Waals surface area (Å²) in [7, 11) is 0. The first-order valence-electron chi connectivity index (χ1n) is 8.74. The molecule has 0 amide bonds. The first-order valence-corrected chi connectivity index (χ1v) is 8.74. The van der Waals surface area contributed by atoms with Gasteiger partial charge in [-0.25, -0.2) is 14.6 Å². The average Bonchev–Trinajstić information content (AvgIpc) is 2.66. The molecule has 0 radical (unpaired) electrons. The molecule has 2 aromatic rings. The number of nitrogens with zero attached hydrogens (tertiary/aromatic N) is 1. The van der Waals surface area contributed by atoms with Gasteiger partial charge in [0, 0.05) is 5.56 Å². The zero-order chi connectivity index (χ0) is 25.4. The molecular formula is C19H12F9NO4. The highest BCUT2D eigenvalue weighted by Gasteiger charge is 2.46. The molecule has 0 saturated heterocycles. The molecule has 180 valence electrons. The number of carbonyl (C=O) groups is 2. The van der Waals surface area contributed by atoms with Crippen molar-refractivity contribution in [1.29, 1.82) is 0 Å². The van der Waals surface area contributed by atoms with Crippen molar-refractivity contribution < 1.29 is 58.6 Å². The molecule has 1 heterocycles. The molecular weight excluding hydrogens is 477 g/mol. The van der Waals surface area contributed by atoms with E-state index in [1.807, 2.05) is 0 Å². The van der Waals surface area contributed by atoms with Crippen molar-refractivity contribution in [1.82, 2.24) is 4.98 Å². The maximum absolute atomic E-state index is 13.5. The third kappa shape index (κ3) is 5.73. The lowest BCUT2D eigenvalue weighted by Gasteiger charge is -2.20. The summed E-state index contributed by atoms with van der Waals surface area (Å²) in [5, 5.41) is 0. The molecule has 0 spiro atoms. The third-order valence-electron chi connectivity index (χ3n) is 4.04. The molecule has 0 aliphatic rings. The van der Waals surface area contributed by atoms with Crippen molar-refractivity contribution in [2.24, 2.45) is 0 Å². The van der Waals surface area contributed by atoms with E-state index in [2.05, 4.69) is 14.5 Å². The van der Waals surface area contributed by atoms with Crippen LogP contribution in [-0.2, 0) is 23.3 Å². The van der Waals surface area contributed by atoms with E-state index in [1.165, 1.54) is 6.92 Å². The van der Waals surface area contributed by atoms with Gasteiger partial charge in [0.1, 0.15) is 5.56 Å². The van der Waals surface area contributed by atoms with Crippen molar-refractivity contribution in [2.75, 3.05) is 6.61 Å². The molecule has 2 rings (SSSR count). The SMILES string of the molecule is CCOC(=O)c1c(C(F)(F)F)nc(C(F)(F)F)c(C)c1OC(=O)c1ccc(C(F)(F)F)cc1. The van der Waals surface area contributed by atoms with Gasteiger partial charge in [-0.3, -0.25) is 0 Å². The van der Waals surface area contributed by atoms with Gasteiger partial charge in [-0.05, 0) is 38.1 Å². The van der Waals surface area contributed by atoms with Crippen molar-refractivity contribution in [3.05, 3.63) is 57.9 Å². The number of alkyl halides is 9. The molecule has 0 saturated carbocycles. The van der Waals surface area contributed by atoms with Crippen LogP contribution in [0.15, 0.2) is 24.3 Å². The smallest absolute Gasteiger partial charge is 0.434 e. The van der Waals surface area contributed by atoms with Crippen molar-refractivity contribution in [3.8, 4) is 5.75 Å². The molecule has 5 nitrogen and oxygen atoms in total. The zero-order valence-corrected chi connectivity index (χ0v) is 16.5. The second-order valence-corrected chi connectivity index (χ2v) is 6.32. The lowest BCUT2D eigenvalue weighted by Crippen LogP contribution is -2.25. The van der Waals surface area contributed by atoms with E-state index in [1.54, 1.807) is 0 Å². The van der Waals surface area contributed by atoms with Crippen LogP contribution in [0, 0.1) is 6.92 Å². The Morgan fingerprint density at radius 3 is 1.76 bits per heavy atom. The number of rotatable bonds is 4. The molecule has 1 aromatic heterocycles. The maximum atomic E-state index is 13.5. The fraction of sp³-hybridized carbons (Fsp3) is 0.316. The third-order valence-corrected chi connectivity index (χ3v) is 4.04. The van der Waals surface area contributed by atoms with Crippen LogP contribution in [0.4, 0.5) is 39.5 Å². The van der Waals surface area contributed by atoms with E-state index in [0.29, 0.717) is 31.2 Å². The molecule has 0 fully saturated rings. The Labute approximate surface area is 179 Å². The van der Waals surface area contributed by atoms with Crippen molar-refractivity contribution in [2.45, 2.75) is 32.4 Å². The number of pyridine rings is 1. The van der Waals surface area contributed by atoms with E-state index in [-0.39, 0.29) is 0 Å². The quantitative estimate of drug-likeness (QED) is 0.399. The maximum Gasteiger partial charge on any atom is 0.434 e. The highest BCUT2D eigenvalue weighted by Crippen LogP contribution is 2.42. The number of halogens is 9. The van der Waals surface area contributed by atoms with Crippen LogP contribution in [0.1, 0.15) is 50.2 Å². The molecule has 0 aliphatic carbocycles. The van der Waals surface area contributed by atoms with Gasteiger partial charge in [-0.2, -0.15) is 39.5 Å². The lowest BCUT2D eigenvalue weighted by molar-refractivity contribution is -0.151. The predicted molar refractivity (Wildman–Crippen MR) is 91.3 cm³/mol. The number of aromatic nitrogens is 1. The minimum absolute atomic E-state index is 0.449. The van der Waals surface area contributed by atoms with Gasteiger partial charge >= 0.3 is 30.5 Å². The van der Waals surface area contributed by atoms with Gasteiger partial charge in [0.15, 0.2) is 17.1 Å². The van der Waals surface area contributed by atoms with Gasteiger partial charge < -0.3 is 9.47 Å². The van der Waals surface area contributed by atoms with Crippen LogP contribution in [0.25, 0.3) is 0 Å². The second-order valence-electron chi connectivity index (χ2n) is 6.32. The van der Waals surface area contributed by atoms with E-state index in [4.69, 9.17) is 0 Å². The average molecular weight is 489 g/mol. The number of hydrogen-bond donors (Lipinski definition) is 0. The van der Waals surface area contributed by atoms with Crippen LogP contribution >= 0.6 is 0 Å². The van der Waals surface area contributed by atoms with Crippen LogP contribution < -0.4 is 4.74 Å². The van der Waals surface area contributed by atoms with E-state index >= 15 is 0 Å². The van der Waals surface area contributed by atoms with Crippen LogP contribution in [0.5, 0.6) is 5.75 Å². The summed E-state index contributed by atoms with van der Waals surface area (Å²) in [6, 6.07) is 2.09. The summed E-state index contributed by atoms with van der Waals surface area (Å²) >= 11 is 0. The number of hydrogen-bond acceptors (Lipinski definition) is 5. The Hall–Kier alpha value is -3.32. The molecule has 0 bridgehead atoms. The second kappa shape index (κ2) is 8.90. The number of ether oxygens (including phenoxy) is 2. The molecule has 1 aromatic carbocycles. The van der Waals surface area contributed by atoms with Gasteiger partial charge in [0.25, 0.3) is 0 Å². The Kier molecular flexibility index (Phi) is 7.00. The van der Waals surface area contributed by atoms with Gasteiger partial charge in [-0.15, -0.1) is 0 Å². The molecule has 0 aliphatic heterocycles. The summed E-state index contributed by atoms with van der Waals surface area (Å²) in [6.07, 6.45) is -15.8. The predicted octanol–water partition coefficient (Wildman–Crippen LogP) is 5.84. The van der Waals surface area contributed by atoms with Crippen molar-refractivity contribution in [3.63, 3.8) is 0 Å². The summed E-state index contributed by atoms with van der Waals surface area (Å²) in [5.74, 6) is -4.83. The summed E-state index contributed by atoms with van der Waals surface area (Å²) in [6.45, 7) is 1.32. The Morgan fingerprint density at radius 1 is 0.818 bits per heavy atom. The Morgan fingerprint density at radius 2 is 1.33 bits per heavy atom. The first-order chi connectivity index (χ1) is 15.0. The molecule has 0 unspecified atom stereocenters. The number of carbonyl (C=O) groups excluding carboxylic acids is 2. The minimum atomic E-state index is -5.59. The van der Waals surface area contributed by atoms with Gasteiger partial charge in [0.05, 0.1) is 17.7 Å². The summed E-state index contributed by atoms with van der Waals surface area (Å²) < 4.78 is 127. The molecule has 14 heteroatoms. The standard InChI is InChI=1S/C19H12F9NO4/c1-3-32-16(31)11-12(8(2)13(18(23,24)25)29-14(11)19(26,27)28)33-15(30)9-4-6-10(7-5-9)17(20,21)22/h4-7H,3H2,1-2H3. The number of benzene rings is 1. The van der Waals surface area contributed by atoms with Gasteiger partial charge in [0.2, 0.25) is 0 Å². The monoisotopic (exact) mass is 489 g/mol. The Bertz CT molecular complexity index is 1060. The topological polar surface area (TPSA) is 65.5 Å².